The molecule has 0 atom stereocenters. The van der Waals surface area contributed by atoms with Gasteiger partial charge in [0.25, 0.3) is 0 Å². The van der Waals surface area contributed by atoms with Gasteiger partial charge in [-0.25, -0.2) is 9.37 Å². The van der Waals surface area contributed by atoms with Gasteiger partial charge in [-0.3, -0.25) is 14.3 Å². The summed E-state index contributed by atoms with van der Waals surface area (Å²) in [6.45, 7) is 0. The van der Waals surface area contributed by atoms with Crippen molar-refractivity contribution in [2.45, 2.75) is 37.8 Å². The SMILES string of the molecule is CNc1cc2c(cn1)c(-c1cnn(C)c1)nn2[C@H]1CC[C@@H](Oc2cccc3ncc(F)cc23)CC1. The second-order valence-corrected chi connectivity index (χ2v) is 9.06. The van der Waals surface area contributed by atoms with Gasteiger partial charge in [0.05, 0.1) is 35.6 Å². The lowest BCUT2D eigenvalue weighted by Gasteiger charge is -2.30. The molecule has 1 aliphatic carbocycles. The molecule has 0 spiro atoms. The number of nitrogens with one attached hydrogen (secondary N) is 1. The normalized spacial score (nSPS) is 18.3. The molecule has 178 valence electrons. The van der Waals surface area contributed by atoms with Crippen LogP contribution in [0.5, 0.6) is 5.75 Å². The van der Waals surface area contributed by atoms with Crippen LogP contribution in [0.1, 0.15) is 31.7 Å². The van der Waals surface area contributed by atoms with Crippen LogP contribution in [0, 0.1) is 5.82 Å². The number of fused-ring (bicyclic) bond motifs is 2. The fourth-order valence-corrected chi connectivity index (χ4v) is 4.99. The molecule has 0 unspecified atom stereocenters. The quantitative estimate of drug-likeness (QED) is 0.383. The highest BCUT2D eigenvalue weighted by molar-refractivity contribution is 5.93. The zero-order valence-electron chi connectivity index (χ0n) is 19.6. The average molecular weight is 472 g/mol. The van der Waals surface area contributed by atoms with Gasteiger partial charge in [0.15, 0.2) is 0 Å². The van der Waals surface area contributed by atoms with Gasteiger partial charge in [0.2, 0.25) is 0 Å². The van der Waals surface area contributed by atoms with E-state index >= 15 is 0 Å². The number of hydrogen-bond acceptors (Lipinski definition) is 6. The molecular formula is C26H26FN7O. The first kappa shape index (κ1) is 21.5. The highest BCUT2D eigenvalue weighted by atomic mass is 19.1. The van der Waals surface area contributed by atoms with Crippen LogP contribution in [0.2, 0.25) is 0 Å². The molecule has 0 bridgehead atoms. The van der Waals surface area contributed by atoms with Crippen LogP contribution in [0.3, 0.4) is 0 Å². The van der Waals surface area contributed by atoms with Crippen molar-refractivity contribution in [1.82, 2.24) is 29.5 Å². The van der Waals surface area contributed by atoms with E-state index in [1.807, 2.05) is 50.9 Å². The zero-order valence-corrected chi connectivity index (χ0v) is 19.6. The maximum Gasteiger partial charge on any atom is 0.142 e. The first-order valence-electron chi connectivity index (χ1n) is 11.8. The smallest absolute Gasteiger partial charge is 0.142 e. The Morgan fingerprint density at radius 3 is 2.66 bits per heavy atom. The number of rotatable bonds is 5. The maximum atomic E-state index is 13.8. The summed E-state index contributed by atoms with van der Waals surface area (Å²) < 4.78 is 24.1. The van der Waals surface area contributed by atoms with Crippen LogP contribution < -0.4 is 10.1 Å². The van der Waals surface area contributed by atoms with E-state index in [-0.39, 0.29) is 18.0 Å². The molecule has 0 amide bonds. The molecule has 5 aromatic rings. The van der Waals surface area contributed by atoms with E-state index in [1.54, 1.807) is 4.68 Å². The Hall–Kier alpha value is -4.01. The Kier molecular flexibility index (Phi) is 5.32. The molecule has 1 fully saturated rings. The van der Waals surface area contributed by atoms with E-state index in [4.69, 9.17) is 9.84 Å². The van der Waals surface area contributed by atoms with Crippen LogP contribution in [-0.4, -0.2) is 42.7 Å². The monoisotopic (exact) mass is 471 g/mol. The first-order valence-corrected chi connectivity index (χ1v) is 11.8. The van der Waals surface area contributed by atoms with Gasteiger partial charge < -0.3 is 10.1 Å². The van der Waals surface area contributed by atoms with Gasteiger partial charge >= 0.3 is 0 Å². The molecule has 0 saturated heterocycles. The average Bonchev–Trinajstić information content (AvgIpc) is 3.48. The Balaban J connectivity index is 1.26. The first-order chi connectivity index (χ1) is 17.1. The predicted octanol–water partition coefficient (Wildman–Crippen LogP) is 5.12. The van der Waals surface area contributed by atoms with Gasteiger partial charge in [0, 0.05) is 48.9 Å². The van der Waals surface area contributed by atoms with Crippen molar-refractivity contribution < 1.29 is 9.13 Å². The Morgan fingerprint density at radius 2 is 1.89 bits per heavy atom. The zero-order chi connectivity index (χ0) is 23.9. The number of anilines is 1. The van der Waals surface area contributed by atoms with Gasteiger partial charge in [-0.15, -0.1) is 0 Å². The number of hydrogen-bond donors (Lipinski definition) is 1. The van der Waals surface area contributed by atoms with E-state index in [9.17, 15) is 4.39 Å². The van der Waals surface area contributed by atoms with Crippen molar-refractivity contribution in [1.29, 1.82) is 0 Å². The number of ether oxygens (including phenoxy) is 1. The van der Waals surface area contributed by atoms with E-state index in [0.29, 0.717) is 11.1 Å². The van der Waals surface area contributed by atoms with Gasteiger partial charge in [-0.1, -0.05) is 6.07 Å². The molecule has 1 saturated carbocycles. The molecule has 0 radical (unpaired) electrons. The van der Waals surface area contributed by atoms with Crippen molar-refractivity contribution in [3.05, 3.63) is 60.9 Å². The number of pyridine rings is 2. The lowest BCUT2D eigenvalue weighted by molar-refractivity contribution is 0.132. The van der Waals surface area contributed by atoms with Gasteiger partial charge in [-0.05, 0) is 43.9 Å². The lowest BCUT2D eigenvalue weighted by atomic mass is 9.93. The minimum absolute atomic E-state index is 0.0641. The number of halogens is 1. The fourth-order valence-electron chi connectivity index (χ4n) is 4.99. The van der Waals surface area contributed by atoms with Crippen LogP contribution in [0.15, 0.2) is 55.1 Å². The van der Waals surface area contributed by atoms with E-state index in [2.05, 4.69) is 31.1 Å². The van der Waals surface area contributed by atoms with E-state index in [0.717, 1.165) is 59.2 Å². The molecule has 4 aromatic heterocycles. The number of benzene rings is 1. The van der Waals surface area contributed by atoms with Crippen LogP contribution in [0.4, 0.5) is 10.2 Å². The number of aromatic nitrogens is 6. The summed E-state index contributed by atoms with van der Waals surface area (Å²) in [6, 6.07) is 9.46. The van der Waals surface area contributed by atoms with E-state index in [1.165, 1.54) is 12.3 Å². The summed E-state index contributed by atoms with van der Waals surface area (Å²) in [7, 11) is 3.77. The maximum absolute atomic E-state index is 13.8. The molecule has 35 heavy (non-hydrogen) atoms. The van der Waals surface area contributed by atoms with Crippen molar-refractivity contribution in [2.24, 2.45) is 7.05 Å². The highest BCUT2D eigenvalue weighted by Gasteiger charge is 2.27. The summed E-state index contributed by atoms with van der Waals surface area (Å²) in [5, 5.41) is 14.2. The third-order valence-corrected chi connectivity index (χ3v) is 6.76. The topological polar surface area (TPSA) is 82.7 Å². The molecule has 9 heteroatoms. The lowest BCUT2D eigenvalue weighted by Crippen LogP contribution is -2.26. The second kappa shape index (κ2) is 8.65. The van der Waals surface area contributed by atoms with Crippen molar-refractivity contribution in [2.75, 3.05) is 12.4 Å². The minimum atomic E-state index is -0.359. The molecule has 1 aromatic carbocycles. The fraction of sp³-hybridized carbons (Fsp3) is 0.308. The summed E-state index contributed by atoms with van der Waals surface area (Å²) >= 11 is 0. The van der Waals surface area contributed by atoms with E-state index < -0.39 is 0 Å². The van der Waals surface area contributed by atoms with Crippen molar-refractivity contribution in [3.63, 3.8) is 0 Å². The summed E-state index contributed by atoms with van der Waals surface area (Å²) in [4.78, 5) is 8.70. The largest absolute Gasteiger partial charge is 0.490 e. The Labute approximate surface area is 201 Å². The van der Waals surface area contributed by atoms with Crippen molar-refractivity contribution >= 4 is 27.6 Å². The molecular weight excluding hydrogens is 445 g/mol. The molecule has 0 aliphatic heterocycles. The Bertz CT molecular complexity index is 1520. The molecule has 1 N–H and O–H groups in total. The van der Waals surface area contributed by atoms with Gasteiger partial charge in [-0.2, -0.15) is 10.2 Å². The summed E-state index contributed by atoms with van der Waals surface area (Å²) in [5.41, 5.74) is 3.66. The second-order valence-electron chi connectivity index (χ2n) is 9.06. The van der Waals surface area contributed by atoms with Crippen LogP contribution >= 0.6 is 0 Å². The summed E-state index contributed by atoms with van der Waals surface area (Å²) in [5.74, 6) is 1.14. The van der Waals surface area contributed by atoms with Crippen LogP contribution in [-0.2, 0) is 7.05 Å². The number of aryl methyl sites for hydroxylation is 1. The third kappa shape index (κ3) is 3.96. The number of nitrogens with zero attached hydrogens (tertiary/aromatic N) is 6. The minimum Gasteiger partial charge on any atom is -0.490 e. The predicted molar refractivity (Wildman–Crippen MR) is 133 cm³/mol. The Morgan fingerprint density at radius 1 is 1.03 bits per heavy atom. The molecule has 8 nitrogen and oxygen atoms in total. The molecule has 4 heterocycles. The third-order valence-electron chi connectivity index (χ3n) is 6.76. The summed E-state index contributed by atoms with van der Waals surface area (Å²) in [6.07, 6.45) is 10.6. The van der Waals surface area contributed by atoms with Crippen LogP contribution in [0.25, 0.3) is 33.1 Å². The van der Waals surface area contributed by atoms with Crippen molar-refractivity contribution in [3.8, 4) is 17.0 Å². The highest BCUT2D eigenvalue weighted by Crippen LogP contribution is 2.37. The standard InChI is InChI=1S/C26H26FN7O/c1-28-25-11-23-21(14-30-25)26(16-12-31-33(2)15-16)32-34(23)18-6-8-19(9-7-18)35-24-5-3-4-22-20(24)10-17(27)13-29-22/h3-5,10-15,18-19H,6-9H2,1-2H3,(H,28,30)/t18-,19+. The van der Waals surface area contributed by atoms with Gasteiger partial charge in [0.1, 0.15) is 23.1 Å². The molecule has 1 aliphatic rings. The molecule has 6 rings (SSSR count).